The Bertz CT molecular complexity index is 720. The molecule has 2 heterocycles. The van der Waals surface area contributed by atoms with Crippen LogP contribution in [0.1, 0.15) is 18.7 Å². The number of hydrogen-bond donors (Lipinski definition) is 3. The van der Waals surface area contributed by atoms with E-state index in [9.17, 15) is 9.18 Å². The number of H-pyrrole nitrogens is 1. The summed E-state index contributed by atoms with van der Waals surface area (Å²) in [5, 5.41) is 9.35. The van der Waals surface area contributed by atoms with Crippen LogP contribution >= 0.6 is 0 Å². The summed E-state index contributed by atoms with van der Waals surface area (Å²) in [6.07, 6.45) is 2.48. The number of carbonyl (C=O) groups excluding carboxylic acids is 1. The quantitative estimate of drug-likeness (QED) is 0.723. The van der Waals surface area contributed by atoms with Crippen LogP contribution in [0.4, 0.5) is 15.1 Å². The second-order valence-corrected chi connectivity index (χ2v) is 6.34. The largest absolute Gasteiger partial charge is 0.493 e. The number of carbonyl (C=O) groups is 1. The first-order valence-electron chi connectivity index (χ1n) is 8.68. The van der Waals surface area contributed by atoms with E-state index >= 15 is 0 Å². The number of nitrogen functional groups attached to an aromatic ring is 1. The summed E-state index contributed by atoms with van der Waals surface area (Å²) < 4.78 is 18.6. The molecule has 0 bridgehead atoms. The molecule has 140 valence electrons. The van der Waals surface area contributed by atoms with Crippen molar-refractivity contribution in [3.8, 4) is 5.75 Å². The van der Waals surface area contributed by atoms with Crippen LogP contribution in [-0.2, 0) is 6.42 Å². The maximum absolute atomic E-state index is 12.9. The van der Waals surface area contributed by atoms with Crippen molar-refractivity contribution in [2.75, 3.05) is 32.0 Å². The van der Waals surface area contributed by atoms with Crippen LogP contribution in [-0.4, -0.2) is 52.4 Å². The lowest BCUT2D eigenvalue weighted by Crippen LogP contribution is -2.47. The van der Waals surface area contributed by atoms with E-state index in [1.54, 1.807) is 17.0 Å². The molecule has 0 saturated carbocycles. The Kier molecular flexibility index (Phi) is 5.88. The number of nitrogens with two attached hydrogens (primary N) is 1. The summed E-state index contributed by atoms with van der Waals surface area (Å²) in [4.78, 5) is 18.1. The second-order valence-electron chi connectivity index (χ2n) is 6.34. The topological polar surface area (TPSA) is 109 Å². The molecule has 0 spiro atoms. The highest BCUT2D eigenvalue weighted by Crippen LogP contribution is 2.19. The molecule has 9 heteroatoms. The summed E-state index contributed by atoms with van der Waals surface area (Å²) in [5.74, 6) is 1.46. The average molecular weight is 362 g/mol. The number of halogens is 1. The average Bonchev–Trinajstić information content (AvgIpc) is 3.06. The Balaban J connectivity index is 1.40. The SMILES string of the molecule is Nc1n[nH]c(CCNC(=O)N2CCCC(COc3ccc(F)cc3)C2)n1. The third-order valence-electron chi connectivity index (χ3n) is 4.29. The predicted molar refractivity (Wildman–Crippen MR) is 94.1 cm³/mol. The summed E-state index contributed by atoms with van der Waals surface area (Å²) >= 11 is 0. The lowest BCUT2D eigenvalue weighted by Gasteiger charge is -2.32. The van der Waals surface area contributed by atoms with Gasteiger partial charge in [-0.15, -0.1) is 5.10 Å². The van der Waals surface area contributed by atoms with Gasteiger partial charge in [-0.25, -0.2) is 9.18 Å². The summed E-state index contributed by atoms with van der Waals surface area (Å²) in [6.45, 7) is 2.34. The van der Waals surface area contributed by atoms with E-state index < -0.39 is 0 Å². The highest BCUT2D eigenvalue weighted by molar-refractivity contribution is 5.74. The van der Waals surface area contributed by atoms with Crippen LogP contribution in [0, 0.1) is 11.7 Å². The molecule has 2 amide bonds. The number of amides is 2. The van der Waals surface area contributed by atoms with Gasteiger partial charge in [0.2, 0.25) is 5.95 Å². The van der Waals surface area contributed by atoms with E-state index in [2.05, 4.69) is 20.5 Å². The molecule has 1 saturated heterocycles. The minimum Gasteiger partial charge on any atom is -0.493 e. The first-order chi connectivity index (χ1) is 12.6. The molecule has 1 aromatic heterocycles. The number of anilines is 1. The maximum atomic E-state index is 12.9. The minimum atomic E-state index is -0.286. The van der Waals surface area contributed by atoms with E-state index in [0.29, 0.717) is 37.7 Å². The van der Waals surface area contributed by atoms with Gasteiger partial charge in [0.25, 0.3) is 0 Å². The van der Waals surface area contributed by atoms with Crippen molar-refractivity contribution in [2.24, 2.45) is 5.92 Å². The van der Waals surface area contributed by atoms with Gasteiger partial charge < -0.3 is 20.7 Å². The highest BCUT2D eigenvalue weighted by Gasteiger charge is 2.24. The molecular weight excluding hydrogens is 339 g/mol. The Hall–Kier alpha value is -2.84. The molecule has 4 N–H and O–H groups in total. The molecule has 0 aliphatic carbocycles. The van der Waals surface area contributed by atoms with Crippen molar-refractivity contribution in [2.45, 2.75) is 19.3 Å². The van der Waals surface area contributed by atoms with Gasteiger partial charge in [0.15, 0.2) is 0 Å². The number of piperidine rings is 1. The van der Waals surface area contributed by atoms with Gasteiger partial charge in [-0.1, -0.05) is 0 Å². The van der Waals surface area contributed by atoms with Gasteiger partial charge in [-0.2, -0.15) is 4.98 Å². The summed E-state index contributed by atoms with van der Waals surface area (Å²) in [5.41, 5.74) is 5.44. The molecule has 1 fully saturated rings. The molecular formula is C17H23FN6O2. The number of rotatable bonds is 6. The van der Waals surface area contributed by atoms with Gasteiger partial charge in [0, 0.05) is 32.0 Å². The normalized spacial score (nSPS) is 17.1. The summed E-state index contributed by atoms with van der Waals surface area (Å²) in [6, 6.07) is 5.87. The molecule has 1 unspecified atom stereocenters. The second kappa shape index (κ2) is 8.50. The van der Waals surface area contributed by atoms with E-state index in [0.717, 1.165) is 19.4 Å². The fraction of sp³-hybridized carbons (Fsp3) is 0.471. The minimum absolute atomic E-state index is 0.0935. The van der Waals surface area contributed by atoms with E-state index in [4.69, 9.17) is 10.5 Å². The Morgan fingerprint density at radius 2 is 2.23 bits per heavy atom. The van der Waals surface area contributed by atoms with Gasteiger partial charge in [0.1, 0.15) is 17.4 Å². The van der Waals surface area contributed by atoms with E-state index in [-0.39, 0.29) is 23.7 Å². The molecule has 1 aliphatic rings. The first kappa shape index (κ1) is 18.0. The zero-order valence-corrected chi connectivity index (χ0v) is 14.4. The lowest BCUT2D eigenvalue weighted by atomic mass is 9.99. The van der Waals surface area contributed by atoms with Crippen molar-refractivity contribution < 1.29 is 13.9 Å². The third-order valence-corrected chi connectivity index (χ3v) is 4.29. The maximum Gasteiger partial charge on any atom is 0.317 e. The van der Waals surface area contributed by atoms with Gasteiger partial charge in [0.05, 0.1) is 6.61 Å². The van der Waals surface area contributed by atoms with Gasteiger partial charge in [-0.3, -0.25) is 5.10 Å². The number of nitrogens with zero attached hydrogens (tertiary/aromatic N) is 3. The number of urea groups is 1. The smallest absolute Gasteiger partial charge is 0.317 e. The van der Waals surface area contributed by atoms with Crippen LogP contribution in [0.2, 0.25) is 0 Å². The van der Waals surface area contributed by atoms with Crippen molar-refractivity contribution in [3.05, 3.63) is 35.9 Å². The lowest BCUT2D eigenvalue weighted by molar-refractivity contribution is 0.137. The van der Waals surface area contributed by atoms with E-state index in [1.165, 1.54) is 12.1 Å². The Morgan fingerprint density at radius 1 is 1.42 bits per heavy atom. The molecule has 1 atom stereocenters. The number of benzene rings is 1. The molecule has 0 radical (unpaired) electrons. The van der Waals surface area contributed by atoms with Crippen LogP contribution in [0.25, 0.3) is 0 Å². The van der Waals surface area contributed by atoms with Crippen molar-refractivity contribution in [1.82, 2.24) is 25.4 Å². The molecule has 8 nitrogen and oxygen atoms in total. The monoisotopic (exact) mass is 362 g/mol. The fourth-order valence-electron chi connectivity index (χ4n) is 2.95. The van der Waals surface area contributed by atoms with Crippen LogP contribution in [0.3, 0.4) is 0 Å². The number of aromatic amines is 1. The number of likely N-dealkylation sites (tertiary alicyclic amines) is 1. The van der Waals surface area contributed by atoms with Crippen molar-refractivity contribution >= 4 is 12.0 Å². The van der Waals surface area contributed by atoms with Gasteiger partial charge in [-0.05, 0) is 37.1 Å². The van der Waals surface area contributed by atoms with Crippen molar-refractivity contribution in [1.29, 1.82) is 0 Å². The number of ether oxygens (including phenoxy) is 1. The van der Waals surface area contributed by atoms with Crippen LogP contribution < -0.4 is 15.8 Å². The molecule has 26 heavy (non-hydrogen) atoms. The molecule has 3 rings (SSSR count). The third kappa shape index (κ3) is 5.08. The predicted octanol–water partition coefficient (Wildman–Crippen LogP) is 1.57. The fourth-order valence-corrected chi connectivity index (χ4v) is 2.95. The Labute approximate surface area is 150 Å². The number of hydrogen-bond acceptors (Lipinski definition) is 5. The molecule has 1 aliphatic heterocycles. The van der Waals surface area contributed by atoms with E-state index in [1.807, 2.05) is 0 Å². The summed E-state index contributed by atoms with van der Waals surface area (Å²) in [7, 11) is 0. The number of nitrogens with one attached hydrogen (secondary N) is 2. The molecule has 1 aromatic carbocycles. The van der Waals surface area contributed by atoms with Crippen LogP contribution in [0.5, 0.6) is 5.75 Å². The zero-order valence-electron chi connectivity index (χ0n) is 14.4. The highest BCUT2D eigenvalue weighted by atomic mass is 19.1. The first-order valence-corrected chi connectivity index (χ1v) is 8.68. The molecule has 2 aromatic rings. The standard InChI is InChI=1S/C17H23FN6O2/c18-13-3-5-14(6-4-13)26-11-12-2-1-9-24(10-12)17(25)20-8-7-15-21-16(19)23-22-15/h3-6,12H,1-2,7-11H2,(H,20,25)(H3,19,21,22,23). The zero-order chi connectivity index (χ0) is 18.4. The number of aromatic nitrogens is 3. The van der Waals surface area contributed by atoms with Gasteiger partial charge >= 0.3 is 6.03 Å². The Morgan fingerprint density at radius 3 is 2.96 bits per heavy atom. The van der Waals surface area contributed by atoms with Crippen LogP contribution in [0.15, 0.2) is 24.3 Å². The van der Waals surface area contributed by atoms with Crippen molar-refractivity contribution in [3.63, 3.8) is 0 Å².